The molecule has 1 aromatic heterocycles. The predicted octanol–water partition coefficient (Wildman–Crippen LogP) is 3.45. The van der Waals surface area contributed by atoms with Crippen LogP contribution in [-0.2, 0) is 4.79 Å². The molecule has 0 atom stereocenters. The lowest BCUT2D eigenvalue weighted by Gasteiger charge is -1.96. The van der Waals surface area contributed by atoms with E-state index in [0.29, 0.717) is 11.4 Å². The molecule has 3 rings (SSSR count). The molecule has 94 valence electrons. The molecule has 0 saturated heterocycles. The summed E-state index contributed by atoms with van der Waals surface area (Å²) in [4.78, 5) is 18.1. The monoisotopic (exact) mass is 271 g/mol. The van der Waals surface area contributed by atoms with Gasteiger partial charge in [0.1, 0.15) is 5.82 Å². The average Bonchev–Trinajstić information content (AvgIpc) is 2.83. The first-order valence-corrected chi connectivity index (χ1v) is 6.10. The minimum Gasteiger partial charge on any atom is -0.338 e. The molecule has 0 radical (unpaired) electrons. The van der Waals surface area contributed by atoms with Crippen molar-refractivity contribution in [2.75, 3.05) is 5.32 Å². The minimum atomic E-state index is 0.650. The third-order valence-electron chi connectivity index (χ3n) is 2.83. The number of nitrogens with zero attached hydrogens (tertiary/aromatic N) is 1. The zero-order valence-electron chi connectivity index (χ0n) is 9.85. The van der Waals surface area contributed by atoms with Crippen LogP contribution in [0.4, 0.5) is 5.69 Å². The Balaban J connectivity index is 2.05. The van der Waals surface area contributed by atoms with Crippen LogP contribution in [0.3, 0.4) is 0 Å². The summed E-state index contributed by atoms with van der Waals surface area (Å²) >= 11 is 5.86. The number of aromatic amines is 1. The number of carbonyl (C=O) groups excluding carboxylic acids is 1. The molecule has 0 bridgehead atoms. The van der Waals surface area contributed by atoms with Crippen LogP contribution < -0.4 is 5.32 Å². The summed E-state index contributed by atoms with van der Waals surface area (Å²) in [6.45, 7) is 0. The number of H-pyrrole nitrogens is 1. The van der Waals surface area contributed by atoms with Crippen molar-refractivity contribution in [3.05, 3.63) is 47.5 Å². The molecule has 4 nitrogen and oxygen atoms in total. The van der Waals surface area contributed by atoms with Gasteiger partial charge in [0.15, 0.2) is 0 Å². The van der Waals surface area contributed by atoms with Gasteiger partial charge in [0.25, 0.3) is 0 Å². The highest BCUT2D eigenvalue weighted by Gasteiger charge is 2.05. The lowest BCUT2D eigenvalue weighted by atomic mass is 10.2. The van der Waals surface area contributed by atoms with E-state index in [1.165, 1.54) is 0 Å². The fourth-order valence-corrected chi connectivity index (χ4v) is 2.04. The van der Waals surface area contributed by atoms with Gasteiger partial charge in [-0.05, 0) is 42.5 Å². The van der Waals surface area contributed by atoms with E-state index in [1.54, 1.807) is 0 Å². The topological polar surface area (TPSA) is 57.8 Å². The number of anilines is 1. The molecule has 19 heavy (non-hydrogen) atoms. The number of rotatable bonds is 3. The molecule has 0 aliphatic carbocycles. The van der Waals surface area contributed by atoms with Crippen LogP contribution >= 0.6 is 11.6 Å². The van der Waals surface area contributed by atoms with Crippen LogP contribution in [0, 0.1) is 0 Å². The van der Waals surface area contributed by atoms with E-state index in [4.69, 9.17) is 11.6 Å². The molecule has 1 heterocycles. The number of aromatic nitrogens is 2. The summed E-state index contributed by atoms with van der Waals surface area (Å²) in [6, 6.07) is 13.0. The van der Waals surface area contributed by atoms with Gasteiger partial charge in [-0.1, -0.05) is 11.6 Å². The molecule has 0 aliphatic rings. The highest BCUT2D eigenvalue weighted by atomic mass is 35.5. The van der Waals surface area contributed by atoms with Gasteiger partial charge in [-0.25, -0.2) is 4.98 Å². The van der Waals surface area contributed by atoms with Gasteiger partial charge in [0.2, 0.25) is 6.41 Å². The Bertz CT molecular complexity index is 734. The van der Waals surface area contributed by atoms with Gasteiger partial charge >= 0.3 is 0 Å². The molecule has 0 saturated carbocycles. The van der Waals surface area contributed by atoms with Gasteiger partial charge < -0.3 is 10.3 Å². The largest absolute Gasteiger partial charge is 0.338 e. The van der Waals surface area contributed by atoms with Crippen LogP contribution in [0.15, 0.2) is 42.5 Å². The van der Waals surface area contributed by atoms with Crippen molar-refractivity contribution in [3.63, 3.8) is 0 Å². The minimum absolute atomic E-state index is 0.650. The van der Waals surface area contributed by atoms with E-state index in [9.17, 15) is 4.79 Å². The lowest BCUT2D eigenvalue weighted by Crippen LogP contribution is -1.92. The summed E-state index contributed by atoms with van der Waals surface area (Å²) in [5.41, 5.74) is 3.41. The lowest BCUT2D eigenvalue weighted by molar-refractivity contribution is -0.105. The van der Waals surface area contributed by atoms with E-state index < -0.39 is 0 Å². The number of benzene rings is 2. The van der Waals surface area contributed by atoms with Gasteiger partial charge in [-0.2, -0.15) is 0 Å². The van der Waals surface area contributed by atoms with Crippen molar-refractivity contribution in [3.8, 4) is 11.4 Å². The Morgan fingerprint density at radius 3 is 2.68 bits per heavy atom. The SMILES string of the molecule is O=CNc1ccc2nc(-c3ccc(Cl)cc3)[nH]c2c1. The molecule has 0 spiro atoms. The second-order valence-corrected chi connectivity index (χ2v) is 4.52. The first kappa shape index (κ1) is 11.7. The molecule has 0 fully saturated rings. The van der Waals surface area contributed by atoms with E-state index in [1.807, 2.05) is 42.5 Å². The number of imidazole rings is 1. The molecular weight excluding hydrogens is 262 g/mol. The highest BCUT2D eigenvalue weighted by molar-refractivity contribution is 6.30. The normalized spacial score (nSPS) is 10.6. The van der Waals surface area contributed by atoms with Crippen molar-refractivity contribution in [2.45, 2.75) is 0 Å². The van der Waals surface area contributed by atoms with Crippen LogP contribution in [0.2, 0.25) is 5.02 Å². The number of amides is 1. The first-order chi connectivity index (χ1) is 9.26. The average molecular weight is 272 g/mol. The van der Waals surface area contributed by atoms with Gasteiger partial charge in [-0.15, -0.1) is 0 Å². The molecule has 1 amide bonds. The van der Waals surface area contributed by atoms with Gasteiger partial charge in [0.05, 0.1) is 11.0 Å². The highest BCUT2D eigenvalue weighted by Crippen LogP contribution is 2.23. The maximum atomic E-state index is 10.4. The van der Waals surface area contributed by atoms with Crippen molar-refractivity contribution in [2.24, 2.45) is 0 Å². The Morgan fingerprint density at radius 1 is 1.16 bits per heavy atom. The summed E-state index contributed by atoms with van der Waals surface area (Å²) in [5, 5.41) is 3.30. The molecule has 3 aromatic rings. The Morgan fingerprint density at radius 2 is 1.95 bits per heavy atom. The maximum Gasteiger partial charge on any atom is 0.211 e. The van der Waals surface area contributed by atoms with Crippen molar-refractivity contribution in [1.29, 1.82) is 0 Å². The van der Waals surface area contributed by atoms with E-state index in [-0.39, 0.29) is 0 Å². The summed E-state index contributed by atoms with van der Waals surface area (Å²) < 4.78 is 0. The molecule has 0 unspecified atom stereocenters. The number of nitrogens with one attached hydrogen (secondary N) is 2. The fraction of sp³-hybridized carbons (Fsp3) is 0. The van der Waals surface area contributed by atoms with Crippen molar-refractivity contribution in [1.82, 2.24) is 9.97 Å². The maximum absolute atomic E-state index is 10.4. The zero-order chi connectivity index (χ0) is 13.2. The third kappa shape index (κ3) is 2.30. The van der Waals surface area contributed by atoms with E-state index >= 15 is 0 Å². The smallest absolute Gasteiger partial charge is 0.211 e. The second-order valence-electron chi connectivity index (χ2n) is 4.09. The molecule has 5 heteroatoms. The fourth-order valence-electron chi connectivity index (χ4n) is 1.91. The zero-order valence-corrected chi connectivity index (χ0v) is 10.6. The number of hydrogen-bond donors (Lipinski definition) is 2. The molecule has 2 N–H and O–H groups in total. The summed E-state index contributed by atoms with van der Waals surface area (Å²) in [6.07, 6.45) is 0.650. The number of halogens is 1. The number of hydrogen-bond acceptors (Lipinski definition) is 2. The standard InChI is InChI=1S/C14H10ClN3O/c15-10-3-1-9(2-4-10)14-17-12-6-5-11(16-8-19)7-13(12)18-14/h1-8H,(H,16,19)(H,17,18). The van der Waals surface area contributed by atoms with Crippen LogP contribution in [0.25, 0.3) is 22.4 Å². The Hall–Kier alpha value is -2.33. The molecular formula is C14H10ClN3O. The summed E-state index contributed by atoms with van der Waals surface area (Å²) in [5.74, 6) is 0.773. The third-order valence-corrected chi connectivity index (χ3v) is 3.08. The Kier molecular flexibility index (Phi) is 2.93. The predicted molar refractivity (Wildman–Crippen MR) is 76.2 cm³/mol. The van der Waals surface area contributed by atoms with Crippen LogP contribution in [0.1, 0.15) is 0 Å². The van der Waals surface area contributed by atoms with Crippen LogP contribution in [-0.4, -0.2) is 16.4 Å². The quantitative estimate of drug-likeness (QED) is 0.717. The number of fused-ring (bicyclic) bond motifs is 1. The number of carbonyl (C=O) groups is 1. The van der Waals surface area contributed by atoms with Crippen molar-refractivity contribution < 1.29 is 4.79 Å². The molecule has 0 aliphatic heterocycles. The van der Waals surface area contributed by atoms with Gasteiger partial charge in [0, 0.05) is 16.3 Å². The van der Waals surface area contributed by atoms with E-state index in [0.717, 1.165) is 28.1 Å². The molecule has 2 aromatic carbocycles. The second kappa shape index (κ2) is 4.74. The summed E-state index contributed by atoms with van der Waals surface area (Å²) in [7, 11) is 0. The van der Waals surface area contributed by atoms with Gasteiger partial charge in [-0.3, -0.25) is 4.79 Å². The van der Waals surface area contributed by atoms with Crippen LogP contribution in [0.5, 0.6) is 0 Å². The Labute approximate surface area is 114 Å². The van der Waals surface area contributed by atoms with Crippen molar-refractivity contribution >= 4 is 34.7 Å². The first-order valence-electron chi connectivity index (χ1n) is 5.72. The van der Waals surface area contributed by atoms with E-state index in [2.05, 4.69) is 15.3 Å².